The van der Waals surface area contributed by atoms with Crippen LogP contribution in [0.4, 0.5) is 4.39 Å². The molecule has 5 heteroatoms. The molecular weight excluding hydrogens is 399 g/mol. The van der Waals surface area contributed by atoms with E-state index >= 15 is 0 Å². The number of pyridine rings is 1. The highest BCUT2D eigenvalue weighted by atomic mass is 35.5. The van der Waals surface area contributed by atoms with E-state index in [-0.39, 0.29) is 16.2 Å². The van der Waals surface area contributed by atoms with Crippen LogP contribution in [0.3, 0.4) is 0 Å². The number of ketones is 1. The molecule has 0 bridgehead atoms. The number of carbonyl (C=O) groups excluding carboxylic acids is 1. The first-order valence-electron chi connectivity index (χ1n) is 10.4. The minimum Gasteiger partial charge on any atom is -0.294 e. The summed E-state index contributed by atoms with van der Waals surface area (Å²) >= 11 is 6.45. The highest BCUT2D eigenvalue weighted by molar-refractivity contribution is 6.31. The lowest BCUT2D eigenvalue weighted by atomic mass is 9.72. The predicted molar refractivity (Wildman–Crippen MR) is 121 cm³/mol. The van der Waals surface area contributed by atoms with E-state index in [0.717, 1.165) is 36.1 Å². The molecule has 1 unspecified atom stereocenters. The maximum absolute atomic E-state index is 13.8. The van der Waals surface area contributed by atoms with Gasteiger partial charge in [-0.3, -0.25) is 14.8 Å². The van der Waals surface area contributed by atoms with Gasteiger partial charge in [0.25, 0.3) is 0 Å². The fraction of sp³-hybridized carbons (Fsp3) is 0.400. The lowest BCUT2D eigenvalue weighted by Crippen LogP contribution is -2.28. The van der Waals surface area contributed by atoms with Crippen LogP contribution in [-0.2, 0) is 4.79 Å². The van der Waals surface area contributed by atoms with Crippen LogP contribution in [0.2, 0.25) is 5.02 Å². The van der Waals surface area contributed by atoms with Crippen molar-refractivity contribution < 1.29 is 9.18 Å². The van der Waals surface area contributed by atoms with E-state index in [1.807, 2.05) is 19.1 Å². The summed E-state index contributed by atoms with van der Waals surface area (Å²) in [5.41, 5.74) is 4.15. The molecule has 1 aliphatic rings. The predicted octanol–water partition coefficient (Wildman–Crippen LogP) is 6.91. The molecule has 0 fully saturated rings. The molecular formula is C25H28ClFN2O. The molecule has 1 aromatic carbocycles. The van der Waals surface area contributed by atoms with Gasteiger partial charge in [0, 0.05) is 35.1 Å². The van der Waals surface area contributed by atoms with Crippen LogP contribution in [-0.4, -0.2) is 16.5 Å². The molecule has 3 rings (SSSR count). The lowest BCUT2D eigenvalue weighted by Gasteiger charge is -2.33. The number of aliphatic imine (C=N–C) groups is 1. The van der Waals surface area contributed by atoms with E-state index in [0.29, 0.717) is 17.6 Å². The third kappa shape index (κ3) is 5.04. The number of Topliss-reactive ketones (excluding diaryl/α,β-unsaturated/α-hetero) is 1. The largest absolute Gasteiger partial charge is 0.294 e. The molecule has 1 aromatic heterocycles. The number of allylic oxidation sites excluding steroid dienone is 1. The zero-order valence-electron chi connectivity index (χ0n) is 18.0. The molecule has 0 aliphatic heterocycles. The van der Waals surface area contributed by atoms with Crippen molar-refractivity contribution in [3.63, 3.8) is 0 Å². The summed E-state index contributed by atoms with van der Waals surface area (Å²) in [6.07, 6.45) is 6.41. The summed E-state index contributed by atoms with van der Waals surface area (Å²) < 4.78 is 13.8. The van der Waals surface area contributed by atoms with Gasteiger partial charge < -0.3 is 0 Å². The fourth-order valence-corrected chi connectivity index (χ4v) is 4.53. The van der Waals surface area contributed by atoms with Crippen LogP contribution in [0, 0.1) is 11.2 Å². The fourth-order valence-electron chi connectivity index (χ4n) is 4.26. The van der Waals surface area contributed by atoms with Crippen molar-refractivity contribution in [3.05, 3.63) is 75.8 Å². The van der Waals surface area contributed by atoms with Crippen molar-refractivity contribution in [2.45, 2.75) is 59.4 Å². The summed E-state index contributed by atoms with van der Waals surface area (Å²) in [5, 5.41) is 0.285. The van der Waals surface area contributed by atoms with E-state index < -0.39 is 11.9 Å². The zero-order chi connectivity index (χ0) is 21.9. The van der Waals surface area contributed by atoms with Crippen LogP contribution >= 0.6 is 11.6 Å². The Hall–Kier alpha value is -2.33. The number of rotatable bonds is 6. The Balaban J connectivity index is 2.21. The van der Waals surface area contributed by atoms with Gasteiger partial charge in [0.2, 0.25) is 0 Å². The van der Waals surface area contributed by atoms with E-state index in [9.17, 15) is 9.18 Å². The van der Waals surface area contributed by atoms with Crippen LogP contribution < -0.4 is 0 Å². The highest BCUT2D eigenvalue weighted by Gasteiger charge is 2.36. The molecule has 0 spiro atoms. The number of benzene rings is 1. The third-order valence-corrected chi connectivity index (χ3v) is 5.79. The molecule has 3 nitrogen and oxygen atoms in total. The van der Waals surface area contributed by atoms with E-state index in [1.165, 1.54) is 12.1 Å². The number of hydrogen-bond acceptors (Lipinski definition) is 3. The van der Waals surface area contributed by atoms with Gasteiger partial charge in [-0.15, -0.1) is 0 Å². The van der Waals surface area contributed by atoms with E-state index in [4.69, 9.17) is 16.6 Å². The first-order valence-corrected chi connectivity index (χ1v) is 10.7. The average molecular weight is 427 g/mol. The van der Waals surface area contributed by atoms with Gasteiger partial charge in [0.1, 0.15) is 11.9 Å². The van der Waals surface area contributed by atoms with Crippen LogP contribution in [0.1, 0.15) is 70.5 Å². The number of carbonyl (C=O) groups is 1. The molecule has 0 amide bonds. The molecule has 2 aromatic rings. The van der Waals surface area contributed by atoms with Crippen molar-refractivity contribution in [2.24, 2.45) is 10.4 Å². The van der Waals surface area contributed by atoms with E-state index in [2.05, 4.69) is 25.8 Å². The number of hydrogen-bond donors (Lipinski definition) is 0. The lowest BCUT2D eigenvalue weighted by molar-refractivity contribution is -0.118. The Morgan fingerprint density at radius 3 is 2.53 bits per heavy atom. The van der Waals surface area contributed by atoms with Gasteiger partial charge in [-0.1, -0.05) is 50.4 Å². The zero-order valence-corrected chi connectivity index (χ0v) is 18.8. The Morgan fingerprint density at radius 2 is 1.93 bits per heavy atom. The maximum atomic E-state index is 13.8. The topological polar surface area (TPSA) is 42.3 Å². The summed E-state index contributed by atoms with van der Waals surface area (Å²) in [4.78, 5) is 22.4. The van der Waals surface area contributed by atoms with Gasteiger partial charge >= 0.3 is 0 Å². The molecule has 30 heavy (non-hydrogen) atoms. The van der Waals surface area contributed by atoms with Crippen LogP contribution in [0.5, 0.6) is 0 Å². The first kappa shape index (κ1) is 22.4. The smallest absolute Gasteiger partial charge is 0.161 e. The summed E-state index contributed by atoms with van der Waals surface area (Å²) in [7, 11) is 0. The molecule has 0 saturated heterocycles. The summed E-state index contributed by atoms with van der Waals surface area (Å²) in [5.74, 6) is -0.320. The number of halogens is 2. The van der Waals surface area contributed by atoms with Crippen molar-refractivity contribution in [1.29, 1.82) is 0 Å². The Morgan fingerprint density at radius 1 is 1.23 bits per heavy atom. The van der Waals surface area contributed by atoms with Gasteiger partial charge in [-0.2, -0.15) is 0 Å². The minimum atomic E-state index is -0.559. The SMILES string of the molecule is CCCC(=NC(C1=C(C)CC(C)(C)CC1=O)c1ccc(F)cc1Cl)c1ccncc1. The van der Waals surface area contributed by atoms with Crippen LogP contribution in [0.15, 0.2) is 58.9 Å². The van der Waals surface area contributed by atoms with Gasteiger partial charge in [0.05, 0.1) is 0 Å². The molecule has 1 atom stereocenters. The minimum absolute atomic E-state index is 0.0805. The second-order valence-electron chi connectivity index (χ2n) is 8.77. The van der Waals surface area contributed by atoms with Crippen molar-refractivity contribution in [2.75, 3.05) is 0 Å². The monoisotopic (exact) mass is 426 g/mol. The van der Waals surface area contributed by atoms with Crippen molar-refractivity contribution in [1.82, 2.24) is 4.98 Å². The van der Waals surface area contributed by atoms with Crippen molar-refractivity contribution in [3.8, 4) is 0 Å². The molecule has 1 heterocycles. The Bertz CT molecular complexity index is 995. The number of aromatic nitrogens is 1. The van der Waals surface area contributed by atoms with E-state index in [1.54, 1.807) is 18.5 Å². The second-order valence-corrected chi connectivity index (χ2v) is 9.17. The average Bonchev–Trinajstić information content (AvgIpc) is 2.66. The standard InChI is InChI=1S/C25H28ClFN2O/c1-5-6-21(17-9-11-28-12-10-17)29-24(19-8-7-18(27)13-20(19)26)23-16(2)14-25(3,4)15-22(23)30/h7-13,24H,5-6,14-15H2,1-4H3. The van der Waals surface area contributed by atoms with Gasteiger partial charge in [-0.05, 0) is 60.6 Å². The second kappa shape index (κ2) is 9.22. The third-order valence-electron chi connectivity index (χ3n) is 5.46. The van der Waals surface area contributed by atoms with Gasteiger partial charge in [0.15, 0.2) is 5.78 Å². The van der Waals surface area contributed by atoms with Crippen LogP contribution in [0.25, 0.3) is 0 Å². The molecule has 158 valence electrons. The first-order chi connectivity index (χ1) is 14.2. The number of nitrogens with zero attached hydrogens (tertiary/aromatic N) is 2. The Labute approximate surface area is 183 Å². The highest BCUT2D eigenvalue weighted by Crippen LogP contribution is 2.43. The molecule has 0 N–H and O–H groups in total. The van der Waals surface area contributed by atoms with Gasteiger partial charge in [-0.25, -0.2) is 4.39 Å². The molecule has 0 saturated carbocycles. The maximum Gasteiger partial charge on any atom is 0.161 e. The quantitative estimate of drug-likeness (QED) is 0.471. The normalized spacial score (nSPS) is 17.9. The molecule has 1 aliphatic carbocycles. The molecule has 0 radical (unpaired) electrons. The summed E-state index contributed by atoms with van der Waals surface area (Å²) in [6.45, 7) is 8.30. The van der Waals surface area contributed by atoms with Crippen molar-refractivity contribution >= 4 is 23.1 Å². The summed E-state index contributed by atoms with van der Waals surface area (Å²) in [6, 6.07) is 7.60. The Kier molecular flexibility index (Phi) is 6.87.